The zero-order chi connectivity index (χ0) is 13.2. The van der Waals surface area contributed by atoms with Gasteiger partial charge in [0.05, 0.1) is 6.61 Å². The van der Waals surface area contributed by atoms with Crippen LogP contribution in [0.5, 0.6) is 0 Å². The molecule has 3 aromatic rings. The number of hydrogen-bond acceptors (Lipinski definition) is 5. The van der Waals surface area contributed by atoms with Gasteiger partial charge in [-0.3, -0.25) is 0 Å². The molecule has 96 valence electrons. The van der Waals surface area contributed by atoms with E-state index in [2.05, 4.69) is 10.1 Å². The van der Waals surface area contributed by atoms with Gasteiger partial charge < -0.3 is 15.4 Å². The van der Waals surface area contributed by atoms with Crippen LogP contribution in [-0.4, -0.2) is 21.9 Å². The van der Waals surface area contributed by atoms with Crippen LogP contribution in [-0.2, 0) is 0 Å². The summed E-state index contributed by atoms with van der Waals surface area (Å²) in [5.74, 6) is 0.718. The zero-order valence-electron chi connectivity index (χ0n) is 10.2. The van der Waals surface area contributed by atoms with Gasteiger partial charge in [-0.05, 0) is 16.8 Å². The maximum absolute atomic E-state index is 8.96. The minimum atomic E-state index is -0.637. The third kappa shape index (κ3) is 2.21. The molecule has 0 bridgehead atoms. The Kier molecular flexibility index (Phi) is 2.98. The lowest BCUT2D eigenvalue weighted by Crippen LogP contribution is -2.14. The first-order chi connectivity index (χ1) is 9.28. The Hall–Kier alpha value is -2.24. The SMILES string of the molecule is N[C@@H](CO)c1nc(-c2ccc3ccccc3c2)no1. The summed E-state index contributed by atoms with van der Waals surface area (Å²) in [6.07, 6.45) is 0. The van der Waals surface area contributed by atoms with Crippen molar-refractivity contribution < 1.29 is 9.63 Å². The lowest BCUT2D eigenvalue weighted by molar-refractivity contribution is 0.237. The number of hydrogen-bond donors (Lipinski definition) is 2. The highest BCUT2D eigenvalue weighted by Crippen LogP contribution is 2.23. The van der Waals surface area contributed by atoms with Crippen LogP contribution in [0.3, 0.4) is 0 Å². The molecule has 0 saturated carbocycles. The van der Waals surface area contributed by atoms with Crippen molar-refractivity contribution in [2.45, 2.75) is 6.04 Å². The molecule has 0 radical (unpaired) electrons. The number of aromatic nitrogens is 2. The fourth-order valence-corrected chi connectivity index (χ4v) is 1.91. The average Bonchev–Trinajstić information content (AvgIpc) is 2.95. The van der Waals surface area contributed by atoms with Gasteiger partial charge in [0.15, 0.2) is 0 Å². The predicted octanol–water partition coefficient (Wildman–Crippen LogP) is 1.88. The lowest BCUT2D eigenvalue weighted by atomic mass is 10.1. The van der Waals surface area contributed by atoms with E-state index in [4.69, 9.17) is 15.4 Å². The smallest absolute Gasteiger partial charge is 0.246 e. The fourth-order valence-electron chi connectivity index (χ4n) is 1.91. The van der Waals surface area contributed by atoms with Gasteiger partial charge in [-0.25, -0.2) is 0 Å². The standard InChI is InChI=1S/C14H13N3O2/c15-12(8-18)14-16-13(17-19-14)11-6-5-9-3-1-2-4-10(9)7-11/h1-7,12,18H,8,15H2/t12-/m0/s1. The van der Waals surface area contributed by atoms with Gasteiger partial charge in [-0.15, -0.1) is 0 Å². The highest BCUT2D eigenvalue weighted by Gasteiger charge is 2.14. The quantitative estimate of drug-likeness (QED) is 0.746. The molecule has 5 heteroatoms. The highest BCUT2D eigenvalue weighted by atomic mass is 16.5. The normalized spacial score (nSPS) is 12.7. The summed E-state index contributed by atoms with van der Waals surface area (Å²) < 4.78 is 5.04. The van der Waals surface area contributed by atoms with Crippen molar-refractivity contribution in [3.63, 3.8) is 0 Å². The summed E-state index contributed by atoms with van der Waals surface area (Å²) in [6.45, 7) is -0.223. The molecule has 3 N–H and O–H groups in total. The second-order valence-electron chi connectivity index (χ2n) is 4.31. The van der Waals surface area contributed by atoms with E-state index in [1.165, 1.54) is 0 Å². The number of fused-ring (bicyclic) bond motifs is 1. The Labute approximate surface area is 109 Å². The van der Waals surface area contributed by atoms with Crippen molar-refractivity contribution in [3.05, 3.63) is 48.4 Å². The van der Waals surface area contributed by atoms with Gasteiger partial charge >= 0.3 is 0 Å². The molecule has 0 aliphatic carbocycles. The van der Waals surface area contributed by atoms with Crippen molar-refractivity contribution in [3.8, 4) is 11.4 Å². The van der Waals surface area contributed by atoms with Crippen molar-refractivity contribution in [1.82, 2.24) is 10.1 Å². The van der Waals surface area contributed by atoms with E-state index >= 15 is 0 Å². The van der Waals surface area contributed by atoms with Crippen LogP contribution in [0.1, 0.15) is 11.9 Å². The number of aliphatic hydroxyl groups excluding tert-OH is 1. The summed E-state index contributed by atoms with van der Waals surface area (Å²) in [5.41, 5.74) is 6.49. The van der Waals surface area contributed by atoms with Crippen LogP contribution < -0.4 is 5.73 Å². The largest absolute Gasteiger partial charge is 0.394 e. The molecule has 0 unspecified atom stereocenters. The van der Waals surface area contributed by atoms with Crippen molar-refractivity contribution >= 4 is 10.8 Å². The molecule has 0 amide bonds. The first-order valence-electron chi connectivity index (χ1n) is 5.97. The maximum atomic E-state index is 8.96. The predicted molar refractivity (Wildman–Crippen MR) is 71.3 cm³/mol. The molecule has 1 aromatic heterocycles. The molecule has 1 atom stereocenters. The van der Waals surface area contributed by atoms with E-state index in [0.29, 0.717) is 5.82 Å². The highest BCUT2D eigenvalue weighted by molar-refractivity contribution is 5.86. The zero-order valence-corrected chi connectivity index (χ0v) is 10.2. The number of nitrogens with zero attached hydrogens (tertiary/aromatic N) is 2. The molecule has 19 heavy (non-hydrogen) atoms. The van der Waals surface area contributed by atoms with E-state index in [9.17, 15) is 0 Å². The first kappa shape index (κ1) is 11.8. The third-order valence-corrected chi connectivity index (χ3v) is 2.96. The molecule has 3 rings (SSSR count). The van der Waals surface area contributed by atoms with E-state index < -0.39 is 6.04 Å². The average molecular weight is 255 g/mol. The topological polar surface area (TPSA) is 85.2 Å². The molecule has 0 spiro atoms. The van der Waals surface area contributed by atoms with E-state index in [0.717, 1.165) is 16.3 Å². The van der Waals surface area contributed by atoms with Crippen LogP contribution in [0.2, 0.25) is 0 Å². The van der Waals surface area contributed by atoms with Crippen LogP contribution in [0, 0.1) is 0 Å². The van der Waals surface area contributed by atoms with Crippen LogP contribution >= 0.6 is 0 Å². The fraction of sp³-hybridized carbons (Fsp3) is 0.143. The van der Waals surface area contributed by atoms with Crippen molar-refractivity contribution in [2.75, 3.05) is 6.61 Å². The molecule has 0 aliphatic rings. The Balaban J connectivity index is 2.01. The number of rotatable bonds is 3. The van der Waals surface area contributed by atoms with Gasteiger partial charge in [0.2, 0.25) is 11.7 Å². The second kappa shape index (κ2) is 4.79. The molecule has 0 saturated heterocycles. The van der Waals surface area contributed by atoms with Gasteiger partial charge in [0.25, 0.3) is 0 Å². The minimum absolute atomic E-state index is 0.223. The monoisotopic (exact) mass is 255 g/mol. The Bertz CT molecular complexity index is 708. The molecule has 2 aromatic carbocycles. The summed E-state index contributed by atoms with van der Waals surface area (Å²) in [5, 5.41) is 15.1. The summed E-state index contributed by atoms with van der Waals surface area (Å²) in [4.78, 5) is 4.20. The minimum Gasteiger partial charge on any atom is -0.394 e. The van der Waals surface area contributed by atoms with Crippen LogP contribution in [0.25, 0.3) is 22.2 Å². The molecule has 5 nitrogen and oxygen atoms in total. The lowest BCUT2D eigenvalue weighted by Gasteiger charge is -2.00. The summed E-state index contributed by atoms with van der Waals surface area (Å²) in [6, 6.07) is 13.3. The van der Waals surface area contributed by atoms with Gasteiger partial charge in [0.1, 0.15) is 6.04 Å². The molecule has 1 heterocycles. The van der Waals surface area contributed by atoms with Crippen LogP contribution in [0.4, 0.5) is 0 Å². The Morgan fingerprint density at radius 2 is 1.95 bits per heavy atom. The Morgan fingerprint density at radius 1 is 1.16 bits per heavy atom. The number of nitrogens with two attached hydrogens (primary N) is 1. The van der Waals surface area contributed by atoms with E-state index in [-0.39, 0.29) is 12.5 Å². The van der Waals surface area contributed by atoms with E-state index in [1.807, 2.05) is 42.5 Å². The van der Waals surface area contributed by atoms with Crippen LogP contribution in [0.15, 0.2) is 47.0 Å². The molecular formula is C14H13N3O2. The summed E-state index contributed by atoms with van der Waals surface area (Å²) >= 11 is 0. The second-order valence-corrected chi connectivity index (χ2v) is 4.31. The molecule has 0 aliphatic heterocycles. The number of benzene rings is 2. The van der Waals surface area contributed by atoms with E-state index in [1.54, 1.807) is 0 Å². The molecular weight excluding hydrogens is 242 g/mol. The van der Waals surface area contributed by atoms with Crippen molar-refractivity contribution in [2.24, 2.45) is 5.73 Å². The first-order valence-corrected chi connectivity index (χ1v) is 5.97. The van der Waals surface area contributed by atoms with Crippen molar-refractivity contribution in [1.29, 1.82) is 0 Å². The maximum Gasteiger partial charge on any atom is 0.246 e. The Morgan fingerprint density at radius 3 is 2.74 bits per heavy atom. The number of aliphatic hydroxyl groups is 1. The summed E-state index contributed by atoms with van der Waals surface area (Å²) in [7, 11) is 0. The third-order valence-electron chi connectivity index (χ3n) is 2.96. The van der Waals surface area contributed by atoms with Gasteiger partial charge in [-0.2, -0.15) is 4.98 Å². The van der Waals surface area contributed by atoms with Gasteiger partial charge in [0, 0.05) is 5.56 Å². The molecule has 0 fully saturated rings. The van der Waals surface area contributed by atoms with Gasteiger partial charge in [-0.1, -0.05) is 41.6 Å².